The van der Waals surface area contributed by atoms with Crippen LogP contribution in [0.15, 0.2) is 40.8 Å². The Kier molecular flexibility index (Phi) is 4.89. The number of para-hydroxylation sites is 2. The number of aromatic nitrogens is 2. The molecule has 2 aromatic heterocycles. The van der Waals surface area contributed by atoms with Crippen LogP contribution in [0, 0.1) is 18.3 Å². The van der Waals surface area contributed by atoms with E-state index in [0.29, 0.717) is 6.54 Å². The number of imidazole rings is 1. The number of likely N-dealkylation sites (tertiary alicyclic amines) is 1. The van der Waals surface area contributed by atoms with Crippen LogP contribution in [0.1, 0.15) is 36.6 Å². The van der Waals surface area contributed by atoms with Crippen LogP contribution in [0.4, 0.5) is 0 Å². The Balaban J connectivity index is 1.09. The van der Waals surface area contributed by atoms with Crippen molar-refractivity contribution in [1.29, 1.82) is 0 Å². The molecule has 1 saturated carbocycles. The first-order valence-corrected chi connectivity index (χ1v) is 11.0. The van der Waals surface area contributed by atoms with E-state index in [1.807, 2.05) is 38.2 Å². The third-order valence-electron chi connectivity index (χ3n) is 7.06. The van der Waals surface area contributed by atoms with Crippen LogP contribution >= 0.6 is 0 Å². The highest BCUT2D eigenvalue weighted by Crippen LogP contribution is 2.59. The zero-order valence-corrected chi connectivity index (χ0v) is 17.9. The fourth-order valence-electron chi connectivity index (χ4n) is 5.06. The van der Waals surface area contributed by atoms with Crippen molar-refractivity contribution in [2.75, 3.05) is 19.6 Å². The number of aryl methyl sites for hydroxylation is 2. The molecule has 3 aromatic rings. The van der Waals surface area contributed by atoms with Crippen molar-refractivity contribution in [1.82, 2.24) is 19.8 Å². The van der Waals surface area contributed by atoms with Gasteiger partial charge >= 0.3 is 0 Å². The average Bonchev–Trinajstić information content (AvgIpc) is 3.14. The third kappa shape index (κ3) is 3.65. The zero-order chi connectivity index (χ0) is 20.7. The number of rotatable bonds is 6. The number of hydrogen-bond acceptors (Lipinski definition) is 4. The van der Waals surface area contributed by atoms with Gasteiger partial charge in [0.15, 0.2) is 0 Å². The number of amides is 1. The lowest BCUT2D eigenvalue weighted by Gasteiger charge is -2.32. The molecule has 6 heteroatoms. The Morgan fingerprint density at radius 1 is 1.23 bits per heavy atom. The summed E-state index contributed by atoms with van der Waals surface area (Å²) in [5, 5.41) is 3.17. The van der Waals surface area contributed by atoms with E-state index in [-0.39, 0.29) is 17.2 Å². The zero-order valence-electron chi connectivity index (χ0n) is 17.9. The minimum atomic E-state index is 0.186. The van der Waals surface area contributed by atoms with E-state index in [9.17, 15) is 4.79 Å². The molecule has 1 aliphatic heterocycles. The van der Waals surface area contributed by atoms with Gasteiger partial charge in [-0.1, -0.05) is 12.1 Å². The van der Waals surface area contributed by atoms with Crippen LogP contribution in [0.25, 0.3) is 11.0 Å². The van der Waals surface area contributed by atoms with Crippen LogP contribution in [0.5, 0.6) is 0 Å². The second-order valence-corrected chi connectivity index (χ2v) is 9.02. The SMILES string of the molecule is Cc1ccc(CN2CCC3(CC2)C[C@H]3C(=O)NCCc2nc3ccccc3n2C)o1. The van der Waals surface area contributed by atoms with Gasteiger partial charge in [-0.2, -0.15) is 0 Å². The molecular weight excluding hydrogens is 376 g/mol. The molecule has 0 radical (unpaired) electrons. The number of nitrogens with zero attached hydrogens (tertiary/aromatic N) is 3. The Bertz CT molecular complexity index is 1060. The Morgan fingerprint density at radius 3 is 2.77 bits per heavy atom. The van der Waals surface area contributed by atoms with Crippen molar-refractivity contribution in [2.45, 2.75) is 39.2 Å². The summed E-state index contributed by atoms with van der Waals surface area (Å²) >= 11 is 0. The van der Waals surface area contributed by atoms with Gasteiger partial charge in [0.25, 0.3) is 0 Å². The van der Waals surface area contributed by atoms with Crippen molar-refractivity contribution in [3.05, 3.63) is 53.7 Å². The predicted octanol–water partition coefficient (Wildman–Crippen LogP) is 3.44. The number of carbonyl (C=O) groups excluding carboxylic acids is 1. The van der Waals surface area contributed by atoms with Gasteiger partial charge in [-0.3, -0.25) is 9.69 Å². The lowest BCUT2D eigenvalue weighted by Crippen LogP contribution is -2.37. The molecular formula is C24H30N4O2. The molecule has 1 spiro atoms. The summed E-state index contributed by atoms with van der Waals surface area (Å²) in [5.41, 5.74) is 2.38. The molecule has 6 nitrogen and oxygen atoms in total. The molecule has 158 valence electrons. The van der Waals surface area contributed by atoms with Crippen molar-refractivity contribution in [3.63, 3.8) is 0 Å². The topological polar surface area (TPSA) is 63.3 Å². The molecule has 3 heterocycles. The quantitative estimate of drug-likeness (QED) is 0.681. The normalized spacial score (nSPS) is 20.7. The standard InChI is InChI=1S/C24H30N4O2/c1-17-7-8-18(30-17)16-28-13-10-24(11-14-28)15-19(24)23(29)25-12-9-22-26-20-5-3-4-6-21(20)27(22)2/h3-8,19H,9-16H2,1-2H3,(H,25,29)/t19-/m0/s1. The maximum atomic E-state index is 12.7. The Hall–Kier alpha value is -2.60. The molecule has 1 amide bonds. The van der Waals surface area contributed by atoms with Crippen molar-refractivity contribution in [3.8, 4) is 0 Å². The lowest BCUT2D eigenvalue weighted by molar-refractivity contribution is -0.123. The van der Waals surface area contributed by atoms with Crippen LogP contribution in [0.2, 0.25) is 0 Å². The molecule has 1 N–H and O–H groups in total. The van der Waals surface area contributed by atoms with E-state index in [2.05, 4.69) is 26.9 Å². The van der Waals surface area contributed by atoms with E-state index in [0.717, 1.165) is 73.7 Å². The van der Waals surface area contributed by atoms with Gasteiger partial charge in [-0.05, 0) is 69.0 Å². The smallest absolute Gasteiger partial charge is 0.223 e. The number of furan rings is 1. The summed E-state index contributed by atoms with van der Waals surface area (Å²) in [6, 6.07) is 12.2. The minimum absolute atomic E-state index is 0.186. The summed E-state index contributed by atoms with van der Waals surface area (Å²) in [6.07, 6.45) is 4.01. The molecule has 1 saturated heterocycles. The third-order valence-corrected chi connectivity index (χ3v) is 7.06. The van der Waals surface area contributed by atoms with Crippen LogP contribution in [-0.4, -0.2) is 40.0 Å². The van der Waals surface area contributed by atoms with E-state index < -0.39 is 0 Å². The van der Waals surface area contributed by atoms with Gasteiger partial charge < -0.3 is 14.3 Å². The number of nitrogens with one attached hydrogen (secondary N) is 1. The summed E-state index contributed by atoms with van der Waals surface area (Å²) < 4.78 is 7.83. The summed E-state index contributed by atoms with van der Waals surface area (Å²) in [7, 11) is 2.04. The second kappa shape index (κ2) is 7.58. The summed E-state index contributed by atoms with van der Waals surface area (Å²) in [5.74, 6) is 3.44. The molecule has 5 rings (SSSR count). The van der Waals surface area contributed by atoms with Gasteiger partial charge in [0.05, 0.1) is 17.6 Å². The van der Waals surface area contributed by atoms with E-state index in [1.54, 1.807) is 0 Å². The maximum absolute atomic E-state index is 12.7. The Labute approximate surface area is 177 Å². The monoisotopic (exact) mass is 406 g/mol. The number of hydrogen-bond donors (Lipinski definition) is 1. The largest absolute Gasteiger partial charge is 0.465 e. The van der Waals surface area contributed by atoms with Crippen LogP contribution in [0.3, 0.4) is 0 Å². The molecule has 0 unspecified atom stereocenters. The van der Waals surface area contributed by atoms with Crippen LogP contribution in [-0.2, 0) is 24.8 Å². The fourth-order valence-corrected chi connectivity index (χ4v) is 5.06. The number of piperidine rings is 1. The van der Waals surface area contributed by atoms with Crippen LogP contribution < -0.4 is 5.32 Å². The van der Waals surface area contributed by atoms with E-state index in [1.165, 1.54) is 0 Å². The molecule has 2 aliphatic rings. The second-order valence-electron chi connectivity index (χ2n) is 9.02. The maximum Gasteiger partial charge on any atom is 0.223 e. The highest BCUT2D eigenvalue weighted by atomic mass is 16.3. The predicted molar refractivity (Wildman–Crippen MR) is 116 cm³/mol. The molecule has 2 fully saturated rings. The molecule has 0 bridgehead atoms. The molecule has 1 aliphatic carbocycles. The van der Waals surface area contributed by atoms with Gasteiger partial charge in [0.1, 0.15) is 17.3 Å². The Morgan fingerprint density at radius 2 is 2.03 bits per heavy atom. The summed E-state index contributed by atoms with van der Waals surface area (Å²) in [6.45, 7) is 5.59. The van der Waals surface area contributed by atoms with E-state index >= 15 is 0 Å². The molecule has 1 aromatic carbocycles. The average molecular weight is 407 g/mol. The molecule has 30 heavy (non-hydrogen) atoms. The first-order valence-electron chi connectivity index (χ1n) is 11.0. The first-order chi connectivity index (χ1) is 14.5. The summed E-state index contributed by atoms with van der Waals surface area (Å²) in [4.78, 5) is 19.9. The van der Waals surface area contributed by atoms with Crippen molar-refractivity contribution >= 4 is 16.9 Å². The van der Waals surface area contributed by atoms with Gasteiger partial charge in [-0.25, -0.2) is 4.98 Å². The van der Waals surface area contributed by atoms with Gasteiger partial charge in [-0.15, -0.1) is 0 Å². The molecule has 1 atom stereocenters. The fraction of sp³-hybridized carbons (Fsp3) is 0.500. The number of fused-ring (bicyclic) bond motifs is 1. The van der Waals surface area contributed by atoms with Gasteiger partial charge in [0, 0.05) is 25.9 Å². The van der Waals surface area contributed by atoms with E-state index in [4.69, 9.17) is 9.40 Å². The number of benzene rings is 1. The highest BCUT2D eigenvalue weighted by molar-refractivity contribution is 5.82. The lowest BCUT2D eigenvalue weighted by atomic mass is 9.90. The van der Waals surface area contributed by atoms with Crippen molar-refractivity contribution < 1.29 is 9.21 Å². The van der Waals surface area contributed by atoms with Gasteiger partial charge in [0.2, 0.25) is 5.91 Å². The van der Waals surface area contributed by atoms with Crippen molar-refractivity contribution in [2.24, 2.45) is 18.4 Å². The highest BCUT2D eigenvalue weighted by Gasteiger charge is 2.58. The first kappa shape index (κ1) is 19.4. The minimum Gasteiger partial charge on any atom is -0.465 e. The number of carbonyl (C=O) groups is 1.